The maximum Gasteiger partial charge on any atom is 0.222 e. The third kappa shape index (κ3) is 4.69. The predicted octanol–water partition coefficient (Wildman–Crippen LogP) is 3.61. The number of benzene rings is 2. The minimum absolute atomic E-state index is 0.0880. The summed E-state index contributed by atoms with van der Waals surface area (Å²) in [5, 5.41) is 0. The molecule has 0 saturated heterocycles. The van der Waals surface area contributed by atoms with Crippen LogP contribution in [0.5, 0.6) is 17.2 Å². The minimum atomic E-state index is 0.0880. The number of ether oxygens (including phenoxy) is 3. The fourth-order valence-corrected chi connectivity index (χ4v) is 2.88. The minimum Gasteiger partial charge on any atom is -0.496 e. The summed E-state index contributed by atoms with van der Waals surface area (Å²) >= 11 is 0. The number of carbonyl (C=O) groups is 1. The summed E-state index contributed by atoms with van der Waals surface area (Å²) in [5.74, 6) is 2.27. The Morgan fingerprint density at radius 1 is 0.923 bits per heavy atom. The molecule has 0 heterocycles. The average Bonchev–Trinajstić information content (AvgIpc) is 2.67. The zero-order valence-electron chi connectivity index (χ0n) is 16.2. The molecule has 26 heavy (non-hydrogen) atoms. The largest absolute Gasteiger partial charge is 0.496 e. The molecule has 5 heteroatoms. The second-order valence-corrected chi connectivity index (χ2v) is 6.20. The molecular formula is C21H27NO4. The number of carbonyl (C=O) groups excluding carboxylic acids is 1. The van der Waals surface area contributed by atoms with Crippen molar-refractivity contribution in [2.75, 3.05) is 28.4 Å². The van der Waals surface area contributed by atoms with Crippen LogP contribution in [-0.2, 0) is 17.8 Å². The average molecular weight is 357 g/mol. The molecule has 0 bridgehead atoms. The maximum absolute atomic E-state index is 12.5. The summed E-state index contributed by atoms with van der Waals surface area (Å²) in [6.07, 6.45) is 1.08. The van der Waals surface area contributed by atoms with Gasteiger partial charge in [0.15, 0.2) is 11.5 Å². The zero-order valence-corrected chi connectivity index (χ0v) is 16.2. The van der Waals surface area contributed by atoms with Crippen molar-refractivity contribution in [3.63, 3.8) is 0 Å². The molecule has 0 aliphatic heterocycles. The third-order valence-corrected chi connectivity index (χ3v) is 4.48. The molecular weight excluding hydrogens is 330 g/mol. The summed E-state index contributed by atoms with van der Waals surface area (Å²) in [4.78, 5) is 14.3. The van der Waals surface area contributed by atoms with E-state index < -0.39 is 0 Å². The topological polar surface area (TPSA) is 48.0 Å². The standard InChI is InChI=1S/C21H27NO4/c1-15-12-19(25-4)20(26-5)13-17(15)14-22(2)21(23)11-10-16-8-6-7-9-18(16)24-3/h6-9,12-13H,10-11,14H2,1-5H3. The fourth-order valence-electron chi connectivity index (χ4n) is 2.88. The van der Waals surface area contributed by atoms with Gasteiger partial charge in [0.25, 0.3) is 0 Å². The molecule has 5 nitrogen and oxygen atoms in total. The van der Waals surface area contributed by atoms with E-state index in [1.54, 1.807) is 26.2 Å². The molecule has 0 unspecified atom stereocenters. The lowest BCUT2D eigenvalue weighted by atomic mass is 10.1. The van der Waals surface area contributed by atoms with Crippen LogP contribution >= 0.6 is 0 Å². The quantitative estimate of drug-likeness (QED) is 0.724. The van der Waals surface area contributed by atoms with E-state index in [9.17, 15) is 4.79 Å². The van der Waals surface area contributed by atoms with Gasteiger partial charge >= 0.3 is 0 Å². The number of para-hydroxylation sites is 1. The number of nitrogens with zero attached hydrogens (tertiary/aromatic N) is 1. The summed E-state index contributed by atoms with van der Waals surface area (Å²) in [6.45, 7) is 2.53. The van der Waals surface area contributed by atoms with Crippen LogP contribution < -0.4 is 14.2 Å². The van der Waals surface area contributed by atoms with Crippen molar-refractivity contribution in [2.24, 2.45) is 0 Å². The Labute approximate surface area is 155 Å². The van der Waals surface area contributed by atoms with Gasteiger partial charge in [-0.2, -0.15) is 0 Å². The van der Waals surface area contributed by atoms with E-state index in [2.05, 4.69) is 0 Å². The van der Waals surface area contributed by atoms with Gasteiger partial charge < -0.3 is 19.1 Å². The Balaban J connectivity index is 2.03. The van der Waals surface area contributed by atoms with Crippen molar-refractivity contribution in [3.8, 4) is 17.2 Å². The Kier molecular flexibility index (Phi) is 6.89. The lowest BCUT2D eigenvalue weighted by Gasteiger charge is -2.20. The Morgan fingerprint density at radius 2 is 1.54 bits per heavy atom. The lowest BCUT2D eigenvalue weighted by Crippen LogP contribution is -2.26. The van der Waals surface area contributed by atoms with Gasteiger partial charge in [0, 0.05) is 20.0 Å². The van der Waals surface area contributed by atoms with Gasteiger partial charge in [-0.3, -0.25) is 4.79 Å². The zero-order chi connectivity index (χ0) is 19.1. The Morgan fingerprint density at radius 3 is 2.19 bits per heavy atom. The highest BCUT2D eigenvalue weighted by atomic mass is 16.5. The first-order valence-electron chi connectivity index (χ1n) is 8.57. The van der Waals surface area contributed by atoms with E-state index in [0.29, 0.717) is 30.9 Å². The van der Waals surface area contributed by atoms with Crippen molar-refractivity contribution < 1.29 is 19.0 Å². The molecule has 0 atom stereocenters. The van der Waals surface area contributed by atoms with E-state index in [1.165, 1.54) is 0 Å². The predicted molar refractivity (Wildman–Crippen MR) is 102 cm³/mol. The first-order chi connectivity index (χ1) is 12.5. The Bertz CT molecular complexity index is 758. The maximum atomic E-state index is 12.5. The molecule has 0 radical (unpaired) electrons. The van der Waals surface area contributed by atoms with Crippen molar-refractivity contribution in [1.29, 1.82) is 0 Å². The van der Waals surface area contributed by atoms with Gasteiger partial charge in [0.2, 0.25) is 5.91 Å². The second-order valence-electron chi connectivity index (χ2n) is 6.20. The monoisotopic (exact) mass is 357 g/mol. The van der Waals surface area contributed by atoms with E-state index >= 15 is 0 Å². The summed E-state index contributed by atoms with van der Waals surface area (Å²) < 4.78 is 16.0. The van der Waals surface area contributed by atoms with Crippen molar-refractivity contribution in [2.45, 2.75) is 26.3 Å². The molecule has 1 amide bonds. The fraction of sp³-hybridized carbons (Fsp3) is 0.381. The van der Waals surface area contributed by atoms with Gasteiger partial charge in [-0.05, 0) is 48.2 Å². The smallest absolute Gasteiger partial charge is 0.222 e. The highest BCUT2D eigenvalue weighted by Crippen LogP contribution is 2.30. The number of hydrogen-bond donors (Lipinski definition) is 0. The molecule has 2 aromatic carbocycles. The molecule has 0 aliphatic rings. The number of hydrogen-bond acceptors (Lipinski definition) is 4. The molecule has 0 saturated carbocycles. The summed E-state index contributed by atoms with van der Waals surface area (Å²) in [6, 6.07) is 11.6. The van der Waals surface area contributed by atoms with Crippen LogP contribution in [0.2, 0.25) is 0 Å². The van der Waals surface area contributed by atoms with Gasteiger partial charge in [-0.15, -0.1) is 0 Å². The molecule has 0 spiro atoms. The molecule has 2 aromatic rings. The number of aryl methyl sites for hydroxylation is 2. The highest BCUT2D eigenvalue weighted by Gasteiger charge is 2.14. The molecule has 0 aromatic heterocycles. The Hall–Kier alpha value is -2.69. The van der Waals surface area contributed by atoms with Gasteiger partial charge in [-0.25, -0.2) is 0 Å². The van der Waals surface area contributed by atoms with Crippen LogP contribution in [0.25, 0.3) is 0 Å². The number of amides is 1. The van der Waals surface area contributed by atoms with Gasteiger partial charge in [0.05, 0.1) is 21.3 Å². The van der Waals surface area contributed by atoms with E-state index in [0.717, 1.165) is 22.4 Å². The highest BCUT2D eigenvalue weighted by molar-refractivity contribution is 5.76. The first-order valence-corrected chi connectivity index (χ1v) is 8.57. The van der Waals surface area contributed by atoms with Crippen LogP contribution in [0, 0.1) is 6.92 Å². The second kappa shape index (κ2) is 9.13. The van der Waals surface area contributed by atoms with E-state index in [-0.39, 0.29) is 5.91 Å². The van der Waals surface area contributed by atoms with Crippen LogP contribution in [0.15, 0.2) is 36.4 Å². The summed E-state index contributed by atoms with van der Waals surface area (Å²) in [5.41, 5.74) is 3.14. The number of methoxy groups -OCH3 is 3. The van der Waals surface area contributed by atoms with E-state index in [1.807, 2.05) is 50.4 Å². The molecule has 0 N–H and O–H groups in total. The van der Waals surface area contributed by atoms with Gasteiger partial charge in [0.1, 0.15) is 5.75 Å². The molecule has 0 fully saturated rings. The van der Waals surface area contributed by atoms with Crippen molar-refractivity contribution >= 4 is 5.91 Å². The van der Waals surface area contributed by atoms with Crippen LogP contribution in [0.4, 0.5) is 0 Å². The molecule has 0 aliphatic carbocycles. The van der Waals surface area contributed by atoms with Crippen LogP contribution in [-0.4, -0.2) is 39.2 Å². The lowest BCUT2D eigenvalue weighted by molar-refractivity contribution is -0.130. The van der Waals surface area contributed by atoms with Crippen LogP contribution in [0.1, 0.15) is 23.1 Å². The third-order valence-electron chi connectivity index (χ3n) is 4.48. The van der Waals surface area contributed by atoms with E-state index in [4.69, 9.17) is 14.2 Å². The van der Waals surface area contributed by atoms with Gasteiger partial charge in [-0.1, -0.05) is 18.2 Å². The first kappa shape index (κ1) is 19.6. The summed E-state index contributed by atoms with van der Waals surface area (Å²) in [7, 11) is 6.69. The van der Waals surface area contributed by atoms with Crippen LogP contribution in [0.3, 0.4) is 0 Å². The molecule has 2 rings (SSSR count). The number of rotatable bonds is 8. The molecule has 140 valence electrons. The normalized spacial score (nSPS) is 10.3. The SMILES string of the molecule is COc1ccccc1CCC(=O)N(C)Cc1cc(OC)c(OC)cc1C. The van der Waals surface area contributed by atoms with Crippen molar-refractivity contribution in [3.05, 3.63) is 53.1 Å². The van der Waals surface area contributed by atoms with Crippen molar-refractivity contribution in [1.82, 2.24) is 4.90 Å².